The number of aromatic amines is 1. The molecule has 3 nitrogen and oxygen atoms in total. The van der Waals surface area contributed by atoms with Crippen molar-refractivity contribution in [3.8, 4) is 0 Å². The highest BCUT2D eigenvalue weighted by Crippen LogP contribution is 2.22. The van der Waals surface area contributed by atoms with E-state index < -0.39 is 11.6 Å². The van der Waals surface area contributed by atoms with Crippen molar-refractivity contribution >= 4 is 23.1 Å². The standard InChI is InChI=1S/C14H11F2N3S2/c15-10-3-4-12(16)9(6-10)8-21-14-17-13(18-19-14)7-11-2-1-5-20-11/h1-6H,7-8H2,(H,17,18,19). The van der Waals surface area contributed by atoms with Gasteiger partial charge in [0.25, 0.3) is 0 Å². The van der Waals surface area contributed by atoms with Crippen LogP contribution < -0.4 is 0 Å². The topological polar surface area (TPSA) is 41.6 Å². The third kappa shape index (κ3) is 3.68. The Labute approximate surface area is 128 Å². The minimum Gasteiger partial charge on any atom is -0.262 e. The first-order chi connectivity index (χ1) is 10.2. The van der Waals surface area contributed by atoms with Crippen LogP contribution in [0.15, 0.2) is 40.9 Å². The minimum atomic E-state index is -0.444. The number of halogens is 2. The fourth-order valence-electron chi connectivity index (χ4n) is 1.80. The van der Waals surface area contributed by atoms with E-state index in [1.165, 1.54) is 22.7 Å². The number of nitrogens with zero attached hydrogens (tertiary/aromatic N) is 2. The fourth-order valence-corrected chi connectivity index (χ4v) is 3.30. The molecular weight excluding hydrogens is 312 g/mol. The van der Waals surface area contributed by atoms with Gasteiger partial charge >= 0.3 is 0 Å². The Morgan fingerprint density at radius 2 is 2.14 bits per heavy atom. The van der Waals surface area contributed by atoms with Gasteiger partial charge in [0.1, 0.15) is 17.5 Å². The normalized spacial score (nSPS) is 11.0. The van der Waals surface area contributed by atoms with Gasteiger partial charge in [-0.1, -0.05) is 17.8 Å². The summed E-state index contributed by atoms with van der Waals surface area (Å²) in [6, 6.07) is 7.45. The fraction of sp³-hybridized carbons (Fsp3) is 0.143. The molecule has 108 valence electrons. The molecular formula is C14H11F2N3S2. The van der Waals surface area contributed by atoms with E-state index in [-0.39, 0.29) is 0 Å². The Kier molecular flexibility index (Phi) is 4.31. The summed E-state index contributed by atoms with van der Waals surface area (Å²) in [5.74, 6) is 0.193. The van der Waals surface area contributed by atoms with Crippen LogP contribution in [0.3, 0.4) is 0 Å². The van der Waals surface area contributed by atoms with Gasteiger partial charge in [-0.15, -0.1) is 16.4 Å². The summed E-state index contributed by atoms with van der Waals surface area (Å²) in [5.41, 5.74) is 0.310. The van der Waals surface area contributed by atoms with E-state index in [1.54, 1.807) is 11.3 Å². The van der Waals surface area contributed by atoms with Gasteiger partial charge in [-0.2, -0.15) is 0 Å². The molecule has 21 heavy (non-hydrogen) atoms. The van der Waals surface area contributed by atoms with E-state index in [2.05, 4.69) is 15.2 Å². The summed E-state index contributed by atoms with van der Waals surface area (Å²) in [4.78, 5) is 5.53. The van der Waals surface area contributed by atoms with Gasteiger partial charge in [0.2, 0.25) is 5.16 Å². The molecule has 0 atom stereocenters. The maximum Gasteiger partial charge on any atom is 0.208 e. The van der Waals surface area contributed by atoms with Gasteiger partial charge in [-0.25, -0.2) is 13.8 Å². The van der Waals surface area contributed by atoms with E-state index in [1.807, 2.05) is 17.5 Å². The van der Waals surface area contributed by atoms with Crippen LogP contribution in [0.1, 0.15) is 16.3 Å². The molecule has 0 radical (unpaired) electrons. The van der Waals surface area contributed by atoms with Crippen LogP contribution >= 0.6 is 23.1 Å². The summed E-state index contributed by atoms with van der Waals surface area (Å²) < 4.78 is 26.6. The molecule has 7 heteroatoms. The highest BCUT2D eigenvalue weighted by Gasteiger charge is 2.09. The molecule has 0 saturated heterocycles. The lowest BCUT2D eigenvalue weighted by atomic mass is 10.2. The number of thioether (sulfide) groups is 1. The third-order valence-corrected chi connectivity index (χ3v) is 4.57. The number of rotatable bonds is 5. The van der Waals surface area contributed by atoms with Gasteiger partial charge in [-0.3, -0.25) is 5.10 Å². The zero-order valence-electron chi connectivity index (χ0n) is 10.8. The average molecular weight is 323 g/mol. The van der Waals surface area contributed by atoms with Crippen LogP contribution in [0, 0.1) is 11.6 Å². The molecule has 0 fully saturated rings. The molecule has 0 saturated carbocycles. The van der Waals surface area contributed by atoms with E-state index in [9.17, 15) is 8.78 Å². The van der Waals surface area contributed by atoms with Crippen molar-refractivity contribution in [3.05, 3.63) is 63.6 Å². The van der Waals surface area contributed by atoms with Crippen molar-refractivity contribution in [1.82, 2.24) is 15.2 Å². The first-order valence-electron chi connectivity index (χ1n) is 6.21. The number of aromatic nitrogens is 3. The summed E-state index contributed by atoms with van der Waals surface area (Å²) in [7, 11) is 0. The van der Waals surface area contributed by atoms with Gasteiger partial charge in [0, 0.05) is 22.6 Å². The number of hydrogen-bond donors (Lipinski definition) is 1. The summed E-state index contributed by atoms with van der Waals surface area (Å²) >= 11 is 2.93. The van der Waals surface area contributed by atoms with Gasteiger partial charge in [0.15, 0.2) is 0 Å². The molecule has 0 amide bonds. The Morgan fingerprint density at radius 1 is 1.24 bits per heavy atom. The van der Waals surface area contributed by atoms with E-state index in [0.717, 1.165) is 18.0 Å². The second-order valence-corrected chi connectivity index (χ2v) is 6.32. The first kappa shape index (κ1) is 14.2. The number of H-pyrrole nitrogens is 1. The molecule has 3 aromatic rings. The highest BCUT2D eigenvalue weighted by atomic mass is 32.2. The second kappa shape index (κ2) is 6.36. The lowest BCUT2D eigenvalue weighted by molar-refractivity contribution is 0.591. The van der Waals surface area contributed by atoms with Crippen molar-refractivity contribution in [1.29, 1.82) is 0 Å². The van der Waals surface area contributed by atoms with Crippen LogP contribution in [0.4, 0.5) is 8.78 Å². The predicted molar refractivity (Wildman–Crippen MR) is 79.4 cm³/mol. The Morgan fingerprint density at radius 3 is 2.95 bits per heavy atom. The third-order valence-electron chi connectivity index (χ3n) is 2.80. The maximum atomic E-state index is 13.5. The number of benzene rings is 1. The molecule has 0 aliphatic heterocycles. The van der Waals surface area contributed by atoms with Crippen LogP contribution in [-0.4, -0.2) is 15.2 Å². The Bertz CT molecular complexity index is 726. The number of nitrogens with one attached hydrogen (secondary N) is 1. The number of hydrogen-bond acceptors (Lipinski definition) is 4. The van der Waals surface area contributed by atoms with Crippen molar-refractivity contribution in [2.24, 2.45) is 0 Å². The molecule has 0 unspecified atom stereocenters. The lowest BCUT2D eigenvalue weighted by Gasteiger charge is -2.00. The monoisotopic (exact) mass is 323 g/mol. The van der Waals surface area contributed by atoms with Gasteiger partial charge in [-0.05, 0) is 29.6 Å². The second-order valence-electron chi connectivity index (χ2n) is 4.35. The zero-order chi connectivity index (χ0) is 14.7. The van der Waals surface area contributed by atoms with Crippen molar-refractivity contribution in [2.45, 2.75) is 17.3 Å². The van der Waals surface area contributed by atoms with E-state index in [0.29, 0.717) is 22.9 Å². The predicted octanol–water partition coefficient (Wildman–Crippen LogP) is 4.03. The highest BCUT2D eigenvalue weighted by molar-refractivity contribution is 7.98. The van der Waals surface area contributed by atoms with Crippen molar-refractivity contribution < 1.29 is 8.78 Å². The van der Waals surface area contributed by atoms with E-state index in [4.69, 9.17) is 0 Å². The van der Waals surface area contributed by atoms with Gasteiger partial charge < -0.3 is 0 Å². The largest absolute Gasteiger partial charge is 0.262 e. The molecule has 0 spiro atoms. The quantitative estimate of drug-likeness (QED) is 0.721. The Hall–Kier alpha value is -1.73. The van der Waals surface area contributed by atoms with Gasteiger partial charge in [0.05, 0.1) is 0 Å². The molecule has 1 aromatic carbocycles. The SMILES string of the molecule is Fc1ccc(F)c(CSc2n[nH]c(Cc3cccs3)n2)c1. The lowest BCUT2D eigenvalue weighted by Crippen LogP contribution is -1.90. The zero-order valence-corrected chi connectivity index (χ0v) is 12.5. The summed E-state index contributed by atoms with van der Waals surface area (Å²) in [5, 5.41) is 9.48. The van der Waals surface area contributed by atoms with E-state index >= 15 is 0 Å². The van der Waals surface area contributed by atoms with Crippen LogP contribution in [0.5, 0.6) is 0 Å². The molecule has 0 bridgehead atoms. The molecule has 0 aliphatic carbocycles. The minimum absolute atomic E-state index is 0.292. The van der Waals surface area contributed by atoms with Crippen molar-refractivity contribution in [3.63, 3.8) is 0 Å². The average Bonchev–Trinajstić information content (AvgIpc) is 3.12. The smallest absolute Gasteiger partial charge is 0.208 e. The molecule has 2 aromatic heterocycles. The number of thiophene rings is 1. The van der Waals surface area contributed by atoms with Crippen LogP contribution in [0.2, 0.25) is 0 Å². The van der Waals surface area contributed by atoms with Crippen LogP contribution in [0.25, 0.3) is 0 Å². The Balaban J connectivity index is 1.63. The van der Waals surface area contributed by atoms with Crippen LogP contribution in [-0.2, 0) is 12.2 Å². The summed E-state index contributed by atoms with van der Waals surface area (Å²) in [6.45, 7) is 0. The maximum absolute atomic E-state index is 13.5. The van der Waals surface area contributed by atoms with Crippen molar-refractivity contribution in [2.75, 3.05) is 0 Å². The molecule has 2 heterocycles. The first-order valence-corrected chi connectivity index (χ1v) is 8.07. The molecule has 3 rings (SSSR count). The molecule has 1 N–H and O–H groups in total. The molecule has 0 aliphatic rings. The summed E-state index contributed by atoms with van der Waals surface area (Å²) in [6.07, 6.45) is 0.694.